The molecule has 6 nitrogen and oxygen atoms in total. The number of ether oxygens (including phenoxy) is 3. The highest BCUT2D eigenvalue weighted by atomic mass is 32.1. The zero-order valence-corrected chi connectivity index (χ0v) is 14.7. The van der Waals surface area contributed by atoms with Crippen LogP contribution in [0.4, 0.5) is 8.78 Å². The fourth-order valence-corrected chi connectivity index (χ4v) is 2.80. The van der Waals surface area contributed by atoms with Crippen molar-refractivity contribution in [2.24, 2.45) is 0 Å². The molecule has 0 saturated heterocycles. The van der Waals surface area contributed by atoms with E-state index < -0.39 is 18.6 Å². The average molecular weight is 372 g/mol. The number of methoxy groups -OCH3 is 2. The molecule has 1 aliphatic heterocycles. The largest absolute Gasteiger partial charge is 0.493 e. The summed E-state index contributed by atoms with van der Waals surface area (Å²) in [7, 11) is 2.62. The Morgan fingerprint density at radius 1 is 1.32 bits per heavy atom. The maximum atomic E-state index is 12.6. The number of hydrogen-bond donors (Lipinski definition) is 2. The quantitative estimate of drug-likeness (QED) is 0.588. The molecule has 1 aromatic rings. The number of hydrogen-bond acceptors (Lipinski definition) is 5. The lowest BCUT2D eigenvalue weighted by Gasteiger charge is -2.30. The number of rotatable bonds is 6. The Morgan fingerprint density at radius 2 is 2.04 bits per heavy atom. The van der Waals surface area contributed by atoms with Crippen molar-refractivity contribution in [3.63, 3.8) is 0 Å². The van der Waals surface area contributed by atoms with E-state index in [1.807, 2.05) is 6.92 Å². The van der Waals surface area contributed by atoms with E-state index in [2.05, 4.69) is 15.4 Å². The smallest absolute Gasteiger partial charge is 0.387 e. The van der Waals surface area contributed by atoms with E-state index in [1.165, 1.54) is 26.4 Å². The van der Waals surface area contributed by atoms with Gasteiger partial charge in [-0.3, -0.25) is 0 Å². The summed E-state index contributed by atoms with van der Waals surface area (Å²) in [6.45, 7) is -1.15. The van der Waals surface area contributed by atoms with E-state index in [-0.39, 0.29) is 11.5 Å². The van der Waals surface area contributed by atoms with Crippen LogP contribution >= 0.6 is 12.2 Å². The highest BCUT2D eigenvalue weighted by Gasteiger charge is 2.32. The molecule has 0 aliphatic carbocycles. The number of allylic oxidation sites excluding steroid dienone is 1. The first kappa shape index (κ1) is 18.9. The van der Waals surface area contributed by atoms with Crippen molar-refractivity contribution in [2.45, 2.75) is 26.0 Å². The summed E-state index contributed by atoms with van der Waals surface area (Å²) in [6.07, 6.45) is 0.513. The molecule has 2 N–H and O–H groups in total. The van der Waals surface area contributed by atoms with Crippen molar-refractivity contribution < 1.29 is 27.8 Å². The monoisotopic (exact) mass is 372 g/mol. The van der Waals surface area contributed by atoms with Gasteiger partial charge in [-0.1, -0.05) is 13.0 Å². The van der Waals surface area contributed by atoms with Gasteiger partial charge < -0.3 is 24.8 Å². The molecule has 1 aliphatic rings. The summed E-state index contributed by atoms with van der Waals surface area (Å²) in [5.74, 6) is -0.528. The van der Waals surface area contributed by atoms with Crippen molar-refractivity contribution in [1.82, 2.24) is 10.6 Å². The molecular formula is C16H18F2N2O4S. The molecule has 9 heteroatoms. The van der Waals surface area contributed by atoms with Crippen LogP contribution in [0.15, 0.2) is 29.5 Å². The summed E-state index contributed by atoms with van der Waals surface area (Å²) in [5.41, 5.74) is 1.44. The van der Waals surface area contributed by atoms with Gasteiger partial charge in [0.1, 0.15) is 0 Å². The van der Waals surface area contributed by atoms with Gasteiger partial charge in [-0.25, -0.2) is 4.79 Å². The molecule has 1 atom stereocenters. The second-order valence-electron chi connectivity index (χ2n) is 5.06. The topological polar surface area (TPSA) is 68.8 Å². The second-order valence-corrected chi connectivity index (χ2v) is 5.47. The first-order valence-electron chi connectivity index (χ1n) is 7.42. The molecule has 0 bridgehead atoms. The van der Waals surface area contributed by atoms with Gasteiger partial charge >= 0.3 is 12.6 Å². The maximum Gasteiger partial charge on any atom is 0.387 e. The van der Waals surface area contributed by atoms with Crippen molar-refractivity contribution >= 4 is 23.3 Å². The summed E-state index contributed by atoms with van der Waals surface area (Å²) in [4.78, 5) is 12.2. The second kappa shape index (κ2) is 8.11. The number of carbonyl (C=O) groups excluding carboxylic acids is 1. The van der Waals surface area contributed by atoms with Gasteiger partial charge in [0.2, 0.25) is 0 Å². The Hall–Kier alpha value is -2.42. The van der Waals surface area contributed by atoms with Crippen LogP contribution < -0.4 is 20.1 Å². The van der Waals surface area contributed by atoms with E-state index in [0.717, 1.165) is 0 Å². The highest BCUT2D eigenvalue weighted by Crippen LogP contribution is 2.35. The molecule has 25 heavy (non-hydrogen) atoms. The minimum atomic E-state index is -3.01. The molecule has 0 unspecified atom stereocenters. The Balaban J connectivity index is 2.53. The fourth-order valence-electron chi connectivity index (χ4n) is 2.56. The van der Waals surface area contributed by atoms with Crippen LogP contribution in [-0.4, -0.2) is 31.9 Å². The molecule has 0 aromatic heterocycles. The lowest BCUT2D eigenvalue weighted by molar-refractivity contribution is -0.136. The Morgan fingerprint density at radius 3 is 2.60 bits per heavy atom. The van der Waals surface area contributed by atoms with E-state index >= 15 is 0 Å². The summed E-state index contributed by atoms with van der Waals surface area (Å²) in [6, 6.07) is 3.84. The maximum absolute atomic E-state index is 12.6. The minimum Gasteiger partial charge on any atom is -0.493 e. The average Bonchev–Trinajstić information content (AvgIpc) is 2.59. The number of carbonyl (C=O) groups is 1. The van der Waals surface area contributed by atoms with Crippen LogP contribution in [0, 0.1) is 0 Å². The van der Waals surface area contributed by atoms with Crippen molar-refractivity contribution in [2.75, 3.05) is 14.2 Å². The van der Waals surface area contributed by atoms with Gasteiger partial charge in [-0.2, -0.15) is 8.78 Å². The summed E-state index contributed by atoms with van der Waals surface area (Å²) >= 11 is 5.17. The predicted octanol–water partition coefficient (Wildman–Crippen LogP) is 2.65. The van der Waals surface area contributed by atoms with E-state index in [9.17, 15) is 13.6 Å². The first-order valence-corrected chi connectivity index (χ1v) is 7.83. The van der Waals surface area contributed by atoms with Crippen LogP contribution in [0.3, 0.4) is 0 Å². The van der Waals surface area contributed by atoms with E-state index in [1.54, 1.807) is 6.07 Å². The molecule has 136 valence electrons. The number of alkyl halides is 2. The van der Waals surface area contributed by atoms with Crippen LogP contribution in [0.5, 0.6) is 11.5 Å². The summed E-state index contributed by atoms with van der Waals surface area (Å²) < 4.78 is 39.7. The van der Waals surface area contributed by atoms with Crippen molar-refractivity contribution in [3.05, 3.63) is 35.0 Å². The van der Waals surface area contributed by atoms with Gasteiger partial charge in [-0.15, -0.1) is 0 Å². The molecule has 1 aromatic carbocycles. The lowest BCUT2D eigenvalue weighted by Crippen LogP contribution is -2.45. The van der Waals surface area contributed by atoms with Crippen LogP contribution in [0.25, 0.3) is 0 Å². The predicted molar refractivity (Wildman–Crippen MR) is 90.6 cm³/mol. The number of thiocarbonyl (C=S) groups is 1. The molecule has 0 saturated carbocycles. The van der Waals surface area contributed by atoms with Crippen LogP contribution in [0.2, 0.25) is 0 Å². The molecule has 0 amide bonds. The van der Waals surface area contributed by atoms with Crippen LogP contribution in [-0.2, 0) is 9.53 Å². The van der Waals surface area contributed by atoms with E-state index in [4.69, 9.17) is 21.7 Å². The molecule has 1 heterocycles. The van der Waals surface area contributed by atoms with Crippen LogP contribution in [0.1, 0.15) is 24.9 Å². The van der Waals surface area contributed by atoms with Crippen molar-refractivity contribution in [1.29, 1.82) is 0 Å². The van der Waals surface area contributed by atoms with Gasteiger partial charge in [0, 0.05) is 5.70 Å². The van der Waals surface area contributed by atoms with Gasteiger partial charge in [0.05, 0.1) is 25.8 Å². The Labute approximate surface area is 149 Å². The number of halogens is 2. The molecule has 0 spiro atoms. The SMILES string of the molecule is CCC1=C(C(=O)OC)[C@H](c2ccc(OC)c(OC(F)F)c2)NC(=S)N1. The summed E-state index contributed by atoms with van der Waals surface area (Å²) in [5, 5.41) is 6.20. The normalized spacial score (nSPS) is 17.0. The lowest BCUT2D eigenvalue weighted by atomic mass is 9.94. The van der Waals surface area contributed by atoms with E-state index in [0.29, 0.717) is 28.4 Å². The third kappa shape index (κ3) is 4.16. The first-order chi connectivity index (χ1) is 11.9. The van der Waals surface area contributed by atoms with Crippen molar-refractivity contribution in [3.8, 4) is 11.5 Å². The fraction of sp³-hybridized carbons (Fsp3) is 0.375. The number of esters is 1. The molecule has 0 radical (unpaired) electrons. The number of nitrogens with one attached hydrogen (secondary N) is 2. The van der Waals surface area contributed by atoms with Gasteiger partial charge in [0.25, 0.3) is 0 Å². The third-order valence-corrected chi connectivity index (χ3v) is 3.87. The van der Waals surface area contributed by atoms with Gasteiger partial charge in [-0.05, 0) is 36.3 Å². The standard InChI is InChI=1S/C16H18F2N2O4S/c1-4-9-12(14(21)23-3)13(20-16(25)19-9)8-5-6-10(22-2)11(7-8)24-15(17)18/h5-7,13,15H,4H2,1-3H3,(H2,19,20,25)/t13-/m0/s1. The zero-order valence-electron chi connectivity index (χ0n) is 13.9. The highest BCUT2D eigenvalue weighted by molar-refractivity contribution is 7.80. The number of benzene rings is 1. The molecule has 0 fully saturated rings. The Kier molecular flexibility index (Phi) is 6.13. The molecule has 2 rings (SSSR count). The van der Waals surface area contributed by atoms with Gasteiger partial charge in [0.15, 0.2) is 16.6 Å². The minimum absolute atomic E-state index is 0.136. The Bertz CT molecular complexity index is 709. The third-order valence-electron chi connectivity index (χ3n) is 3.65. The molecular weight excluding hydrogens is 354 g/mol. The zero-order chi connectivity index (χ0) is 18.6.